The monoisotopic (exact) mass is 298 g/mol. The van der Waals surface area contributed by atoms with E-state index in [1.807, 2.05) is 25.3 Å². The van der Waals surface area contributed by atoms with Crippen molar-refractivity contribution in [2.24, 2.45) is 0 Å². The van der Waals surface area contributed by atoms with Crippen LogP contribution in [0.25, 0.3) is 11.1 Å². The number of fused-ring (bicyclic) bond motifs is 1. The summed E-state index contributed by atoms with van der Waals surface area (Å²) in [5.74, 6) is 0. The highest BCUT2D eigenvalue weighted by Gasteiger charge is 2.37. The van der Waals surface area contributed by atoms with E-state index in [9.17, 15) is 0 Å². The van der Waals surface area contributed by atoms with Crippen molar-refractivity contribution in [3.05, 3.63) is 40.1 Å². The number of nitrogens with zero attached hydrogens (tertiary/aromatic N) is 1. The fourth-order valence-corrected chi connectivity index (χ4v) is 3.63. The van der Waals surface area contributed by atoms with Crippen LogP contribution in [0.3, 0.4) is 0 Å². The predicted octanol–water partition coefficient (Wildman–Crippen LogP) is 4.70. The Kier molecular flexibility index (Phi) is 3.09. The molecule has 1 aromatic heterocycles. The molecule has 3 rings (SSSR count). The van der Waals surface area contributed by atoms with E-state index in [2.05, 4.69) is 43.4 Å². The molecule has 1 N–H and O–H groups in total. The first-order valence-corrected chi connectivity index (χ1v) is 7.81. The molecule has 0 unspecified atom stereocenters. The summed E-state index contributed by atoms with van der Waals surface area (Å²) in [5.41, 5.74) is 3.71. The van der Waals surface area contributed by atoms with Crippen LogP contribution in [-0.2, 0) is 10.3 Å². The zero-order valence-electron chi connectivity index (χ0n) is 12.7. The third kappa shape index (κ3) is 2.55. The maximum absolute atomic E-state index is 8.96. The van der Waals surface area contributed by atoms with Gasteiger partial charge in [-0.05, 0) is 62.4 Å². The minimum absolute atomic E-state index is 0.353. The molecule has 2 heterocycles. The van der Waals surface area contributed by atoms with Gasteiger partial charge in [-0.3, -0.25) is 0 Å². The zero-order chi connectivity index (χ0) is 15.3. The van der Waals surface area contributed by atoms with E-state index in [0.29, 0.717) is 0 Å². The number of anilines is 1. The summed E-state index contributed by atoms with van der Waals surface area (Å²) in [6.45, 7) is 8.24. The Balaban J connectivity index is 2.08. The lowest BCUT2D eigenvalue weighted by atomic mass is 9.90. The van der Waals surface area contributed by atoms with Crippen LogP contribution in [0.1, 0.15) is 38.1 Å². The molecule has 108 valence electrons. The molecule has 0 bridgehead atoms. The second kappa shape index (κ2) is 4.59. The van der Waals surface area contributed by atoms with Gasteiger partial charge >= 0.3 is 0 Å². The lowest BCUT2D eigenvalue weighted by Crippen LogP contribution is -2.46. The summed E-state index contributed by atoms with van der Waals surface area (Å²) in [5, 5.41) is 14.4. The van der Waals surface area contributed by atoms with Gasteiger partial charge in [0.25, 0.3) is 0 Å². The number of rotatable bonds is 1. The van der Waals surface area contributed by atoms with E-state index in [1.54, 1.807) is 0 Å². The first kappa shape index (κ1) is 14.1. The Labute approximate surface area is 129 Å². The molecule has 1 aliphatic heterocycles. The highest BCUT2D eigenvalue weighted by Crippen LogP contribution is 2.42. The largest absolute Gasteiger partial charge is 0.358 e. The van der Waals surface area contributed by atoms with Crippen LogP contribution in [0.15, 0.2) is 29.6 Å². The summed E-state index contributed by atoms with van der Waals surface area (Å²) < 4.78 is 6.14. The summed E-state index contributed by atoms with van der Waals surface area (Å²) in [6.07, 6.45) is 0. The molecule has 3 nitrogen and oxygen atoms in total. The molecular weight excluding hydrogens is 280 g/mol. The fourth-order valence-electron chi connectivity index (χ4n) is 2.92. The second-order valence-corrected chi connectivity index (χ2v) is 7.23. The predicted molar refractivity (Wildman–Crippen MR) is 86.3 cm³/mol. The SMILES string of the molecule is CC1(C)Nc2ccc(-c3csc(C#N)c3)cc2C(C)(C)O1. The van der Waals surface area contributed by atoms with Gasteiger partial charge < -0.3 is 10.1 Å². The molecule has 2 aromatic rings. The molecule has 0 atom stereocenters. The average molecular weight is 298 g/mol. The topological polar surface area (TPSA) is 45.0 Å². The van der Waals surface area contributed by atoms with Crippen LogP contribution < -0.4 is 5.32 Å². The number of nitrogens with one attached hydrogen (secondary N) is 1. The molecule has 1 aromatic carbocycles. The third-order valence-corrected chi connectivity index (χ3v) is 4.49. The zero-order valence-corrected chi connectivity index (χ0v) is 13.5. The van der Waals surface area contributed by atoms with Crippen LogP contribution in [0.4, 0.5) is 5.69 Å². The van der Waals surface area contributed by atoms with Crippen molar-refractivity contribution in [3.63, 3.8) is 0 Å². The van der Waals surface area contributed by atoms with Crippen LogP contribution in [0, 0.1) is 11.3 Å². The van der Waals surface area contributed by atoms with Gasteiger partial charge in [-0.15, -0.1) is 11.3 Å². The van der Waals surface area contributed by atoms with Crippen LogP contribution in [0.2, 0.25) is 0 Å². The maximum atomic E-state index is 8.96. The molecule has 0 amide bonds. The van der Waals surface area contributed by atoms with Crippen molar-refractivity contribution < 1.29 is 4.74 Å². The van der Waals surface area contributed by atoms with Gasteiger partial charge in [0.2, 0.25) is 0 Å². The van der Waals surface area contributed by atoms with E-state index in [4.69, 9.17) is 10.00 Å². The number of nitriles is 1. The van der Waals surface area contributed by atoms with E-state index < -0.39 is 0 Å². The Hall–Kier alpha value is -1.83. The molecule has 0 saturated carbocycles. The molecular formula is C17H18N2OS. The van der Waals surface area contributed by atoms with Crippen LogP contribution in [0.5, 0.6) is 0 Å². The summed E-state index contributed by atoms with van der Waals surface area (Å²) >= 11 is 1.47. The molecule has 0 spiro atoms. The number of ether oxygens (including phenoxy) is 1. The quantitative estimate of drug-likeness (QED) is 0.830. The molecule has 0 radical (unpaired) electrons. The van der Waals surface area contributed by atoms with E-state index >= 15 is 0 Å². The highest BCUT2D eigenvalue weighted by atomic mass is 32.1. The number of thiophene rings is 1. The van der Waals surface area contributed by atoms with Gasteiger partial charge in [0.15, 0.2) is 0 Å². The van der Waals surface area contributed by atoms with Gasteiger partial charge in [0.1, 0.15) is 16.7 Å². The molecule has 21 heavy (non-hydrogen) atoms. The van der Waals surface area contributed by atoms with Crippen molar-refractivity contribution in [2.45, 2.75) is 39.0 Å². The second-order valence-electron chi connectivity index (χ2n) is 6.32. The molecule has 4 heteroatoms. The number of hydrogen-bond donors (Lipinski definition) is 1. The Morgan fingerprint density at radius 2 is 1.90 bits per heavy atom. The summed E-state index contributed by atoms with van der Waals surface area (Å²) in [7, 11) is 0. The minimum Gasteiger partial charge on any atom is -0.358 e. The fraction of sp³-hybridized carbons (Fsp3) is 0.353. The molecule has 0 fully saturated rings. The van der Waals surface area contributed by atoms with Gasteiger partial charge in [0.05, 0.1) is 5.60 Å². The Morgan fingerprint density at radius 3 is 2.57 bits per heavy atom. The molecule has 0 aliphatic carbocycles. The third-order valence-electron chi connectivity index (χ3n) is 3.66. The average Bonchev–Trinajstić information content (AvgIpc) is 2.85. The molecule has 1 aliphatic rings. The smallest absolute Gasteiger partial charge is 0.134 e. The lowest BCUT2D eigenvalue weighted by Gasteiger charge is -2.44. The Morgan fingerprint density at radius 1 is 1.14 bits per heavy atom. The standard InChI is InChI=1S/C17H18N2OS/c1-16(2)14-8-11(12-7-13(9-18)21-10-12)5-6-15(14)19-17(3,4)20-16/h5-8,10,19H,1-4H3. The van der Waals surface area contributed by atoms with Crippen molar-refractivity contribution >= 4 is 17.0 Å². The Bertz CT molecular complexity index is 737. The van der Waals surface area contributed by atoms with Gasteiger partial charge in [0, 0.05) is 11.3 Å². The van der Waals surface area contributed by atoms with E-state index in [0.717, 1.165) is 27.3 Å². The van der Waals surface area contributed by atoms with Crippen LogP contribution in [-0.4, -0.2) is 5.72 Å². The summed E-state index contributed by atoms with van der Waals surface area (Å²) in [6, 6.07) is 10.5. The van der Waals surface area contributed by atoms with Crippen molar-refractivity contribution in [1.29, 1.82) is 5.26 Å². The highest BCUT2D eigenvalue weighted by molar-refractivity contribution is 7.10. The van der Waals surface area contributed by atoms with Crippen molar-refractivity contribution in [1.82, 2.24) is 0 Å². The number of hydrogen-bond acceptors (Lipinski definition) is 4. The molecule has 0 saturated heterocycles. The van der Waals surface area contributed by atoms with E-state index in [1.165, 1.54) is 11.3 Å². The van der Waals surface area contributed by atoms with Gasteiger partial charge in [-0.25, -0.2) is 0 Å². The van der Waals surface area contributed by atoms with E-state index in [-0.39, 0.29) is 11.3 Å². The lowest BCUT2D eigenvalue weighted by molar-refractivity contribution is -0.119. The normalized spacial score (nSPS) is 18.4. The first-order valence-electron chi connectivity index (χ1n) is 6.93. The first-order chi connectivity index (χ1) is 9.81. The summed E-state index contributed by atoms with van der Waals surface area (Å²) in [4.78, 5) is 0.734. The van der Waals surface area contributed by atoms with Gasteiger partial charge in [-0.2, -0.15) is 5.26 Å². The van der Waals surface area contributed by atoms with Gasteiger partial charge in [-0.1, -0.05) is 6.07 Å². The van der Waals surface area contributed by atoms with Crippen molar-refractivity contribution in [3.8, 4) is 17.2 Å². The van der Waals surface area contributed by atoms with Crippen LogP contribution >= 0.6 is 11.3 Å². The number of benzene rings is 1. The van der Waals surface area contributed by atoms with Crippen molar-refractivity contribution in [2.75, 3.05) is 5.32 Å². The minimum atomic E-state index is -0.381. The maximum Gasteiger partial charge on any atom is 0.134 e.